The fourth-order valence-corrected chi connectivity index (χ4v) is 7.46. The first-order valence-electron chi connectivity index (χ1n) is 14.8. The molecule has 1 aromatic rings. The first-order valence-corrected chi connectivity index (χ1v) is 14.8. The van der Waals surface area contributed by atoms with Crippen LogP contribution in [0.1, 0.15) is 72.8 Å². The molecule has 2 aliphatic carbocycles. The lowest BCUT2D eigenvalue weighted by atomic mass is 9.60. The predicted octanol–water partition coefficient (Wildman–Crippen LogP) is 5.05. The van der Waals surface area contributed by atoms with E-state index in [-0.39, 0.29) is 24.0 Å². The smallest absolute Gasteiger partial charge is 0.338 e. The summed E-state index contributed by atoms with van der Waals surface area (Å²) in [6.07, 6.45) is 8.56. The van der Waals surface area contributed by atoms with E-state index in [1.165, 1.54) is 14.0 Å². The molecule has 3 heterocycles. The van der Waals surface area contributed by atoms with E-state index in [0.29, 0.717) is 17.6 Å². The number of hydrogen-bond acceptors (Lipinski definition) is 10. The molecule has 0 N–H and O–H groups in total. The minimum absolute atomic E-state index is 0.0435. The average molecular weight is 609 g/mol. The first-order chi connectivity index (χ1) is 20.7. The van der Waals surface area contributed by atoms with E-state index in [1.807, 2.05) is 19.9 Å². The molecule has 10 heteroatoms. The number of epoxide rings is 1. The van der Waals surface area contributed by atoms with Crippen LogP contribution in [-0.2, 0) is 42.9 Å². The molecular weight excluding hydrogens is 568 g/mol. The van der Waals surface area contributed by atoms with E-state index >= 15 is 0 Å². The van der Waals surface area contributed by atoms with Gasteiger partial charge in [0.2, 0.25) is 0 Å². The number of hydrogen-bond donors (Lipinski definition) is 0. The summed E-state index contributed by atoms with van der Waals surface area (Å²) in [7, 11) is 1.32. The number of esters is 4. The number of carbonyl (C=O) groups excluding carboxylic acids is 4. The molecule has 1 saturated heterocycles. The van der Waals surface area contributed by atoms with Gasteiger partial charge < -0.3 is 28.1 Å². The van der Waals surface area contributed by atoms with Crippen LogP contribution in [0.4, 0.5) is 0 Å². The molecule has 1 aromatic heterocycles. The van der Waals surface area contributed by atoms with Crippen molar-refractivity contribution < 1.29 is 47.3 Å². The predicted molar refractivity (Wildman–Crippen MR) is 157 cm³/mol. The topological polar surface area (TPSA) is 131 Å². The van der Waals surface area contributed by atoms with Crippen molar-refractivity contribution in [2.24, 2.45) is 11.3 Å². The summed E-state index contributed by atoms with van der Waals surface area (Å²) in [5, 5.41) is 0. The van der Waals surface area contributed by atoms with Gasteiger partial charge in [-0.15, -0.1) is 0 Å². The fraction of sp³-hybridized carbons (Fsp3) is 0.529. The van der Waals surface area contributed by atoms with Gasteiger partial charge in [0.05, 0.1) is 43.1 Å². The summed E-state index contributed by atoms with van der Waals surface area (Å²) in [6, 6.07) is 1.88. The summed E-state index contributed by atoms with van der Waals surface area (Å²) in [5.74, 6) is -2.66. The molecule has 44 heavy (non-hydrogen) atoms. The van der Waals surface area contributed by atoms with Gasteiger partial charge in [0, 0.05) is 24.3 Å². The maximum Gasteiger partial charge on any atom is 0.338 e. The van der Waals surface area contributed by atoms with E-state index in [0.717, 1.165) is 11.1 Å². The quantitative estimate of drug-likeness (QED) is 0.179. The number of allylic oxidation sites excluding steroid dienone is 1. The summed E-state index contributed by atoms with van der Waals surface area (Å²) < 4.78 is 34.7. The molecule has 0 amide bonds. The Hall–Kier alpha value is -3.92. The van der Waals surface area contributed by atoms with Crippen molar-refractivity contribution in [1.29, 1.82) is 0 Å². The molecule has 10 nitrogen and oxygen atoms in total. The highest BCUT2D eigenvalue weighted by molar-refractivity contribution is 5.93. The van der Waals surface area contributed by atoms with Crippen LogP contribution < -0.4 is 0 Å². The van der Waals surface area contributed by atoms with Crippen molar-refractivity contribution in [3.63, 3.8) is 0 Å². The van der Waals surface area contributed by atoms with E-state index in [9.17, 15) is 19.2 Å². The van der Waals surface area contributed by atoms with Crippen molar-refractivity contribution in [2.45, 2.75) is 96.7 Å². The standard InChI is InChI=1S/C34H40O10/c1-9-18(2)30(37)42-29-26(41-20(4)35)14-23(34-27(43-34)15-25(33(29,34)7)21-10-11-40-17-21)13-22-12-19(3)24(16-28(36)39-8)32(5,6)44-31(22)38/h9-14,17,24-27,29H,15-16H2,1-8H3/t24-,25+,26-,27-,29+,33-,34-/m1/s1. The van der Waals surface area contributed by atoms with Gasteiger partial charge in [-0.3, -0.25) is 9.59 Å². The number of furan rings is 1. The highest BCUT2D eigenvalue weighted by Crippen LogP contribution is 2.73. The van der Waals surface area contributed by atoms with Crippen molar-refractivity contribution in [1.82, 2.24) is 0 Å². The molecule has 4 aliphatic rings. The Labute approximate surface area is 257 Å². The number of cyclic esters (lactones) is 1. The van der Waals surface area contributed by atoms with Crippen molar-refractivity contribution >= 4 is 23.9 Å². The summed E-state index contributed by atoms with van der Waals surface area (Å²) in [4.78, 5) is 51.4. The van der Waals surface area contributed by atoms with E-state index in [1.54, 1.807) is 64.5 Å². The summed E-state index contributed by atoms with van der Waals surface area (Å²) in [5.41, 5.74) is 0.103. The van der Waals surface area contributed by atoms with Gasteiger partial charge in [-0.25, -0.2) is 9.59 Å². The van der Waals surface area contributed by atoms with Gasteiger partial charge >= 0.3 is 23.9 Å². The molecule has 0 radical (unpaired) electrons. The molecule has 0 unspecified atom stereocenters. The minimum atomic E-state index is -0.988. The van der Waals surface area contributed by atoms with Gasteiger partial charge in [0.25, 0.3) is 0 Å². The van der Waals surface area contributed by atoms with E-state index in [2.05, 4.69) is 0 Å². The molecule has 5 rings (SSSR count). The van der Waals surface area contributed by atoms with Crippen LogP contribution in [0, 0.1) is 11.3 Å². The Kier molecular flexibility index (Phi) is 8.03. The molecule has 2 fully saturated rings. The van der Waals surface area contributed by atoms with Gasteiger partial charge in [-0.2, -0.15) is 0 Å². The van der Waals surface area contributed by atoms with E-state index < -0.39 is 58.6 Å². The Morgan fingerprint density at radius 3 is 2.48 bits per heavy atom. The molecule has 1 spiro atoms. The Balaban J connectivity index is 1.66. The molecule has 236 valence electrons. The van der Waals surface area contributed by atoms with Gasteiger partial charge in [0.15, 0.2) is 12.2 Å². The van der Waals surface area contributed by atoms with Crippen LogP contribution in [0.25, 0.3) is 0 Å². The molecular formula is C34H40O10. The van der Waals surface area contributed by atoms with Crippen molar-refractivity contribution in [3.05, 3.63) is 70.8 Å². The Morgan fingerprint density at radius 2 is 1.86 bits per heavy atom. The largest absolute Gasteiger partial charge is 0.472 e. The van der Waals surface area contributed by atoms with Crippen LogP contribution in [0.5, 0.6) is 0 Å². The fourth-order valence-electron chi connectivity index (χ4n) is 7.46. The lowest BCUT2D eigenvalue weighted by Gasteiger charge is -2.49. The highest BCUT2D eigenvalue weighted by atomic mass is 16.6. The van der Waals surface area contributed by atoms with Crippen LogP contribution in [-0.4, -0.2) is 60.5 Å². The average Bonchev–Trinajstić information content (AvgIpc) is 3.32. The normalized spacial score (nSPS) is 34.9. The number of rotatable bonds is 7. The molecule has 7 atom stereocenters. The number of ether oxygens (including phenoxy) is 5. The Bertz CT molecular complexity index is 1490. The third-order valence-corrected chi connectivity index (χ3v) is 9.87. The monoisotopic (exact) mass is 608 g/mol. The molecule has 0 bridgehead atoms. The lowest BCUT2D eigenvalue weighted by molar-refractivity contribution is -0.178. The number of carbonyl (C=O) groups is 4. The van der Waals surface area contributed by atoms with E-state index in [4.69, 9.17) is 28.1 Å². The summed E-state index contributed by atoms with van der Waals surface area (Å²) >= 11 is 0. The SMILES string of the molecule is CC=C(C)C(=O)O[C@H]1[C@H](OC(C)=O)C=C(C=C2C=C(C)[C@@H](CC(=O)OC)C(C)(C)OC2=O)[C@@]23O[C@@H]2C[C@@H](c2ccoc2)[C@]13C. The maximum absolute atomic E-state index is 13.6. The van der Waals surface area contributed by atoms with Crippen LogP contribution in [0.15, 0.2) is 69.6 Å². The second-order valence-corrected chi connectivity index (χ2v) is 12.8. The first kappa shape index (κ1) is 31.5. The van der Waals surface area contributed by atoms with Gasteiger partial charge in [0.1, 0.15) is 11.2 Å². The second-order valence-electron chi connectivity index (χ2n) is 12.8. The zero-order valence-corrected chi connectivity index (χ0v) is 26.4. The Morgan fingerprint density at radius 1 is 1.14 bits per heavy atom. The zero-order chi connectivity index (χ0) is 32.2. The maximum atomic E-state index is 13.6. The molecule has 0 aromatic carbocycles. The third-order valence-electron chi connectivity index (χ3n) is 9.87. The lowest BCUT2D eigenvalue weighted by Crippen LogP contribution is -2.58. The highest BCUT2D eigenvalue weighted by Gasteiger charge is 2.81. The van der Waals surface area contributed by atoms with Crippen molar-refractivity contribution in [3.8, 4) is 0 Å². The van der Waals surface area contributed by atoms with Crippen LogP contribution >= 0.6 is 0 Å². The van der Waals surface area contributed by atoms with Crippen LogP contribution in [0.2, 0.25) is 0 Å². The van der Waals surface area contributed by atoms with Gasteiger partial charge in [-0.1, -0.05) is 18.6 Å². The summed E-state index contributed by atoms with van der Waals surface area (Å²) in [6.45, 7) is 12.1. The molecule has 2 aliphatic heterocycles. The van der Waals surface area contributed by atoms with Crippen molar-refractivity contribution in [2.75, 3.05) is 7.11 Å². The second kappa shape index (κ2) is 11.2. The third kappa shape index (κ3) is 5.02. The molecule has 1 saturated carbocycles. The minimum Gasteiger partial charge on any atom is -0.472 e. The van der Waals surface area contributed by atoms with Crippen LogP contribution in [0.3, 0.4) is 0 Å². The number of methoxy groups -OCH3 is 1. The zero-order valence-electron chi connectivity index (χ0n) is 26.4. The van der Waals surface area contributed by atoms with Gasteiger partial charge in [-0.05, 0) is 76.5 Å².